The molecular weight excluding hydrogens is 319 g/mol. The van der Waals surface area contributed by atoms with Gasteiger partial charge in [0.15, 0.2) is 11.0 Å². The van der Waals surface area contributed by atoms with E-state index in [0.29, 0.717) is 5.16 Å². The van der Waals surface area contributed by atoms with Gasteiger partial charge in [-0.1, -0.05) is 46.6 Å². The van der Waals surface area contributed by atoms with Crippen LogP contribution in [-0.4, -0.2) is 26.0 Å². The van der Waals surface area contributed by atoms with Crippen molar-refractivity contribution in [3.05, 3.63) is 37.8 Å². The van der Waals surface area contributed by atoms with Gasteiger partial charge in [-0.3, -0.25) is 4.79 Å². The number of hydrogen-bond donors (Lipinski definition) is 0. The molecule has 2 heterocycles. The predicted octanol–water partition coefficient (Wildman–Crippen LogP) is 2.70. The largest absolute Gasteiger partial charge is 0.293 e. The maximum absolute atomic E-state index is 11.9. The molecule has 2 aromatic heterocycles. The van der Waals surface area contributed by atoms with Gasteiger partial charge in [0.25, 0.3) is 5.56 Å². The molecule has 0 unspecified atom stereocenters. The average molecular weight is 324 g/mol. The van der Waals surface area contributed by atoms with Crippen molar-refractivity contribution in [2.45, 2.75) is 5.16 Å². The van der Waals surface area contributed by atoms with Crippen molar-refractivity contribution in [1.29, 1.82) is 0 Å². The smallest absolute Gasteiger partial charge is 0.266 e. The minimum absolute atomic E-state index is 0.0863. The highest BCUT2D eigenvalue weighted by Gasteiger charge is 2.12. The summed E-state index contributed by atoms with van der Waals surface area (Å²) >= 11 is 18.6. The van der Waals surface area contributed by atoms with Crippen LogP contribution in [0.25, 0.3) is 5.82 Å². The lowest BCUT2D eigenvalue weighted by molar-refractivity contribution is 0.757. The Morgan fingerprint density at radius 3 is 2.67 bits per heavy atom. The van der Waals surface area contributed by atoms with Crippen LogP contribution in [0.2, 0.25) is 15.2 Å². The molecule has 0 saturated heterocycles. The molecule has 0 aliphatic carbocycles. The quantitative estimate of drug-likeness (QED) is 0.483. The minimum Gasteiger partial charge on any atom is -0.266 e. The zero-order chi connectivity index (χ0) is 13.3. The van der Waals surface area contributed by atoms with E-state index in [1.165, 1.54) is 24.0 Å². The van der Waals surface area contributed by atoms with E-state index in [-0.39, 0.29) is 21.0 Å². The maximum Gasteiger partial charge on any atom is 0.293 e. The second kappa shape index (κ2) is 5.44. The van der Waals surface area contributed by atoms with Crippen LogP contribution in [0.1, 0.15) is 0 Å². The Morgan fingerprint density at radius 1 is 1.28 bits per heavy atom. The van der Waals surface area contributed by atoms with Crippen LogP contribution in [0, 0.1) is 0 Å². The summed E-state index contributed by atoms with van der Waals surface area (Å²) in [5, 5.41) is 4.46. The van der Waals surface area contributed by atoms with Crippen molar-refractivity contribution in [3.8, 4) is 5.82 Å². The molecule has 0 amide bonds. The molecule has 0 N–H and O–H groups in total. The van der Waals surface area contributed by atoms with Gasteiger partial charge in [-0.15, -0.1) is 0 Å². The van der Waals surface area contributed by atoms with Crippen molar-refractivity contribution in [2.75, 3.05) is 6.26 Å². The molecule has 0 spiro atoms. The molecular formula is C9H5Cl3N4OS. The van der Waals surface area contributed by atoms with E-state index >= 15 is 0 Å². The molecule has 0 atom stereocenters. The van der Waals surface area contributed by atoms with Crippen LogP contribution in [0.3, 0.4) is 0 Å². The summed E-state index contributed by atoms with van der Waals surface area (Å²) in [6, 6.07) is 1.42. The average Bonchev–Trinajstić information content (AvgIpc) is 2.35. The number of aromatic nitrogens is 4. The lowest BCUT2D eigenvalue weighted by Crippen LogP contribution is -2.22. The summed E-state index contributed by atoms with van der Waals surface area (Å²) in [4.78, 5) is 20.0. The Labute approximate surface area is 121 Å². The normalized spacial score (nSPS) is 10.7. The maximum atomic E-state index is 11.9. The van der Waals surface area contributed by atoms with Gasteiger partial charge in [0.2, 0.25) is 0 Å². The van der Waals surface area contributed by atoms with Crippen molar-refractivity contribution in [1.82, 2.24) is 19.7 Å². The Bertz CT molecular complexity index is 661. The zero-order valence-electron chi connectivity index (χ0n) is 8.89. The van der Waals surface area contributed by atoms with E-state index in [4.69, 9.17) is 34.8 Å². The van der Waals surface area contributed by atoms with Crippen LogP contribution < -0.4 is 5.56 Å². The Kier molecular flexibility index (Phi) is 4.11. The Morgan fingerprint density at radius 2 is 2.00 bits per heavy atom. The highest BCUT2D eigenvalue weighted by molar-refractivity contribution is 7.98. The fourth-order valence-corrected chi connectivity index (χ4v) is 2.02. The fourth-order valence-electron chi connectivity index (χ4n) is 1.16. The highest BCUT2D eigenvalue weighted by Crippen LogP contribution is 2.18. The van der Waals surface area contributed by atoms with Gasteiger partial charge in [0.05, 0.1) is 11.2 Å². The first-order chi connectivity index (χ1) is 8.52. The molecule has 9 heteroatoms. The Balaban J connectivity index is 2.66. The van der Waals surface area contributed by atoms with E-state index < -0.39 is 5.56 Å². The molecule has 0 aliphatic heterocycles. The summed E-state index contributed by atoms with van der Waals surface area (Å²) in [5.74, 6) is 0.239. The number of rotatable bonds is 2. The van der Waals surface area contributed by atoms with Crippen molar-refractivity contribution >= 4 is 46.6 Å². The van der Waals surface area contributed by atoms with Gasteiger partial charge in [0.1, 0.15) is 10.2 Å². The standard InChI is InChI=1S/C9H5Cl3N4OS/c1-18-9-14-5(11)2-6(15-9)16-8(17)7(12)4(10)3-13-16/h2-3H,1H3. The summed E-state index contributed by atoms with van der Waals surface area (Å²) in [7, 11) is 0. The second-order valence-electron chi connectivity index (χ2n) is 3.06. The molecule has 0 aliphatic rings. The van der Waals surface area contributed by atoms with E-state index in [1.54, 1.807) is 6.26 Å². The lowest BCUT2D eigenvalue weighted by Gasteiger charge is -2.05. The molecule has 0 fully saturated rings. The fraction of sp³-hybridized carbons (Fsp3) is 0.111. The Hall–Kier alpha value is -0.820. The summed E-state index contributed by atoms with van der Waals surface area (Å²) < 4.78 is 1.02. The first kappa shape index (κ1) is 13.6. The van der Waals surface area contributed by atoms with Gasteiger partial charge < -0.3 is 0 Å². The van der Waals surface area contributed by atoms with E-state index in [1.807, 2.05) is 0 Å². The topological polar surface area (TPSA) is 60.7 Å². The molecule has 0 aromatic carbocycles. The van der Waals surface area contributed by atoms with Crippen LogP contribution in [-0.2, 0) is 0 Å². The first-order valence-electron chi connectivity index (χ1n) is 4.55. The van der Waals surface area contributed by atoms with Gasteiger partial charge >= 0.3 is 0 Å². The molecule has 0 saturated carbocycles. The van der Waals surface area contributed by atoms with Gasteiger partial charge in [-0.2, -0.15) is 9.78 Å². The van der Waals surface area contributed by atoms with Crippen molar-refractivity contribution < 1.29 is 0 Å². The van der Waals surface area contributed by atoms with Crippen LogP contribution in [0.15, 0.2) is 22.2 Å². The van der Waals surface area contributed by atoms with Crippen LogP contribution >= 0.6 is 46.6 Å². The molecule has 2 rings (SSSR count). The number of hydrogen-bond acceptors (Lipinski definition) is 5. The second-order valence-corrected chi connectivity index (χ2v) is 5.00. The van der Waals surface area contributed by atoms with Crippen molar-refractivity contribution in [3.63, 3.8) is 0 Å². The lowest BCUT2D eigenvalue weighted by atomic mass is 10.5. The van der Waals surface area contributed by atoms with Gasteiger partial charge in [-0.25, -0.2) is 9.97 Å². The van der Waals surface area contributed by atoms with E-state index in [0.717, 1.165) is 4.68 Å². The highest BCUT2D eigenvalue weighted by atomic mass is 35.5. The van der Waals surface area contributed by atoms with Crippen LogP contribution in [0.5, 0.6) is 0 Å². The molecule has 0 bridgehead atoms. The SMILES string of the molecule is CSc1nc(Cl)cc(-n2ncc(Cl)c(Cl)c2=O)n1. The third kappa shape index (κ3) is 2.61. The van der Waals surface area contributed by atoms with E-state index in [2.05, 4.69) is 15.1 Å². The number of nitrogens with zero attached hydrogens (tertiary/aromatic N) is 4. The van der Waals surface area contributed by atoms with Crippen LogP contribution in [0.4, 0.5) is 0 Å². The number of thioether (sulfide) groups is 1. The monoisotopic (exact) mass is 322 g/mol. The molecule has 0 radical (unpaired) electrons. The summed E-state index contributed by atoms with van der Waals surface area (Å²) in [5.41, 5.74) is -0.564. The summed E-state index contributed by atoms with van der Waals surface area (Å²) in [6.45, 7) is 0. The molecule has 5 nitrogen and oxygen atoms in total. The van der Waals surface area contributed by atoms with E-state index in [9.17, 15) is 4.79 Å². The van der Waals surface area contributed by atoms with Gasteiger partial charge in [-0.05, 0) is 6.26 Å². The number of halogens is 3. The van der Waals surface area contributed by atoms with Gasteiger partial charge in [0, 0.05) is 6.07 Å². The zero-order valence-corrected chi connectivity index (χ0v) is 12.0. The predicted molar refractivity (Wildman–Crippen MR) is 72.2 cm³/mol. The summed E-state index contributed by atoms with van der Waals surface area (Å²) in [6.07, 6.45) is 3.06. The minimum atomic E-state index is -0.564. The third-order valence-electron chi connectivity index (χ3n) is 1.94. The molecule has 94 valence electrons. The third-order valence-corrected chi connectivity index (χ3v) is 3.43. The molecule has 18 heavy (non-hydrogen) atoms. The molecule has 2 aromatic rings. The first-order valence-corrected chi connectivity index (χ1v) is 6.91. The van der Waals surface area contributed by atoms with Crippen molar-refractivity contribution in [2.24, 2.45) is 0 Å².